The molecule has 1 unspecified atom stereocenters. The molecule has 0 bridgehead atoms. The van der Waals surface area contributed by atoms with Gasteiger partial charge in [-0.25, -0.2) is 4.39 Å². The number of nitrogens with one attached hydrogen (secondary N) is 1. The summed E-state index contributed by atoms with van der Waals surface area (Å²) in [5, 5.41) is 12.3. The van der Waals surface area contributed by atoms with Crippen molar-refractivity contribution in [2.24, 2.45) is 0 Å². The normalized spacial score (nSPS) is 12.1. The van der Waals surface area contributed by atoms with E-state index in [-0.39, 0.29) is 11.6 Å². The Morgan fingerprint density at radius 1 is 1.38 bits per heavy atom. The molecule has 0 saturated heterocycles. The van der Waals surface area contributed by atoms with Crippen LogP contribution in [0.1, 0.15) is 43.0 Å². The Hall–Kier alpha value is -2.12. The van der Waals surface area contributed by atoms with Crippen molar-refractivity contribution in [2.45, 2.75) is 32.9 Å². The number of aromatic nitrogens is 1. The van der Waals surface area contributed by atoms with Gasteiger partial charge in [0.25, 0.3) is 0 Å². The molecule has 3 nitrogen and oxygen atoms in total. The van der Waals surface area contributed by atoms with Crippen LogP contribution < -0.4 is 5.32 Å². The molecule has 1 heterocycles. The molecule has 0 saturated carbocycles. The first-order valence-corrected chi connectivity index (χ1v) is 7.22. The molecule has 0 spiro atoms. The Bertz CT molecular complexity index is 640. The van der Waals surface area contributed by atoms with Gasteiger partial charge >= 0.3 is 0 Å². The number of halogens is 1. The summed E-state index contributed by atoms with van der Waals surface area (Å²) in [6.45, 7) is 5.66. The molecule has 0 fully saturated rings. The maximum Gasteiger partial charge on any atom is 0.145 e. The van der Waals surface area contributed by atoms with Crippen molar-refractivity contribution in [1.29, 1.82) is 5.26 Å². The van der Waals surface area contributed by atoms with E-state index in [0.717, 1.165) is 13.0 Å². The molecule has 0 aliphatic heterocycles. The molecular formula is C17H20FN3. The van der Waals surface area contributed by atoms with Gasteiger partial charge in [-0.1, -0.05) is 19.1 Å². The fourth-order valence-corrected chi connectivity index (χ4v) is 2.28. The maximum absolute atomic E-state index is 14.0. The van der Waals surface area contributed by atoms with E-state index in [1.807, 2.05) is 29.1 Å². The summed E-state index contributed by atoms with van der Waals surface area (Å²) < 4.78 is 16.0. The lowest BCUT2D eigenvalue weighted by atomic mass is 10.1. The van der Waals surface area contributed by atoms with Crippen molar-refractivity contribution >= 4 is 0 Å². The maximum atomic E-state index is 14.0. The van der Waals surface area contributed by atoms with Crippen LogP contribution in [0.4, 0.5) is 4.39 Å². The third kappa shape index (κ3) is 3.71. The number of benzene rings is 1. The molecule has 1 atom stereocenters. The number of nitriles is 1. The molecule has 1 N–H and O–H groups in total. The zero-order valence-electron chi connectivity index (χ0n) is 12.4. The minimum absolute atomic E-state index is 0.0952. The first kappa shape index (κ1) is 15.3. The van der Waals surface area contributed by atoms with E-state index in [9.17, 15) is 4.39 Å². The van der Waals surface area contributed by atoms with Gasteiger partial charge < -0.3 is 9.88 Å². The smallest absolute Gasteiger partial charge is 0.145 e. The van der Waals surface area contributed by atoms with E-state index in [0.29, 0.717) is 12.1 Å². The first-order valence-electron chi connectivity index (χ1n) is 7.22. The van der Waals surface area contributed by atoms with E-state index in [1.54, 1.807) is 12.1 Å². The highest BCUT2D eigenvalue weighted by Gasteiger charge is 2.10. The van der Waals surface area contributed by atoms with E-state index in [2.05, 4.69) is 19.2 Å². The van der Waals surface area contributed by atoms with Gasteiger partial charge in [0.1, 0.15) is 11.9 Å². The first-order chi connectivity index (χ1) is 10.2. The monoisotopic (exact) mass is 285 g/mol. The van der Waals surface area contributed by atoms with Crippen LogP contribution in [0.5, 0.6) is 0 Å². The minimum atomic E-state index is -0.424. The van der Waals surface area contributed by atoms with Crippen LogP contribution in [0.25, 0.3) is 0 Å². The van der Waals surface area contributed by atoms with Crippen molar-refractivity contribution < 1.29 is 4.39 Å². The lowest BCUT2D eigenvalue weighted by Crippen LogP contribution is -2.18. The van der Waals surface area contributed by atoms with Gasteiger partial charge in [0.2, 0.25) is 0 Å². The minimum Gasteiger partial charge on any atom is -0.349 e. The van der Waals surface area contributed by atoms with Gasteiger partial charge in [-0.05, 0) is 37.6 Å². The lowest BCUT2D eigenvalue weighted by molar-refractivity contribution is 0.568. The van der Waals surface area contributed by atoms with Crippen LogP contribution in [-0.2, 0) is 6.54 Å². The topological polar surface area (TPSA) is 40.8 Å². The fourth-order valence-electron chi connectivity index (χ4n) is 2.28. The number of rotatable bonds is 6. The van der Waals surface area contributed by atoms with Gasteiger partial charge in [0.15, 0.2) is 0 Å². The zero-order chi connectivity index (χ0) is 15.2. The third-order valence-corrected chi connectivity index (χ3v) is 3.53. The molecule has 4 heteroatoms. The highest BCUT2D eigenvalue weighted by Crippen LogP contribution is 2.17. The van der Waals surface area contributed by atoms with Gasteiger partial charge in [-0.2, -0.15) is 5.26 Å². The van der Waals surface area contributed by atoms with Crippen LogP contribution in [0.15, 0.2) is 36.7 Å². The summed E-state index contributed by atoms with van der Waals surface area (Å²) in [6.07, 6.45) is 5.06. The average molecular weight is 285 g/mol. The SMILES string of the molecule is CCCNC(C)c1ccn(Cc2cccc(C#N)c2F)c1. The molecule has 0 radical (unpaired) electrons. The second kappa shape index (κ2) is 7.05. The number of hydrogen-bond donors (Lipinski definition) is 1. The Balaban J connectivity index is 2.11. The van der Waals surface area contributed by atoms with Crippen LogP contribution in [0.3, 0.4) is 0 Å². The average Bonchev–Trinajstić information content (AvgIpc) is 2.95. The Labute approximate surface area is 125 Å². The van der Waals surface area contributed by atoms with E-state index in [1.165, 1.54) is 11.6 Å². The van der Waals surface area contributed by atoms with Gasteiger partial charge in [0, 0.05) is 30.5 Å². The van der Waals surface area contributed by atoms with E-state index >= 15 is 0 Å². The number of nitrogens with zero attached hydrogens (tertiary/aromatic N) is 2. The lowest BCUT2D eigenvalue weighted by Gasteiger charge is -2.11. The standard InChI is InChI=1S/C17H20FN3/c1-3-8-20-13(2)15-7-9-21(11-15)12-16-6-4-5-14(10-19)17(16)18/h4-7,9,11,13,20H,3,8,12H2,1-2H3. The predicted octanol–water partition coefficient (Wildman–Crippen LogP) is 3.61. The van der Waals surface area contributed by atoms with Crippen molar-refractivity contribution in [2.75, 3.05) is 6.54 Å². The van der Waals surface area contributed by atoms with Crippen molar-refractivity contribution in [3.8, 4) is 6.07 Å². The summed E-state index contributed by atoms with van der Waals surface area (Å²) in [5.74, 6) is -0.424. The van der Waals surface area contributed by atoms with Gasteiger partial charge in [-0.3, -0.25) is 0 Å². The van der Waals surface area contributed by atoms with Gasteiger partial charge in [-0.15, -0.1) is 0 Å². The molecule has 2 aromatic rings. The summed E-state index contributed by atoms with van der Waals surface area (Å²) in [4.78, 5) is 0. The molecule has 1 aromatic carbocycles. The summed E-state index contributed by atoms with van der Waals surface area (Å²) in [7, 11) is 0. The van der Waals surface area contributed by atoms with Crippen LogP contribution in [0, 0.1) is 17.1 Å². The highest BCUT2D eigenvalue weighted by atomic mass is 19.1. The van der Waals surface area contributed by atoms with E-state index < -0.39 is 5.82 Å². The summed E-state index contributed by atoms with van der Waals surface area (Å²) >= 11 is 0. The second-order valence-corrected chi connectivity index (χ2v) is 5.18. The molecular weight excluding hydrogens is 265 g/mol. The molecule has 21 heavy (non-hydrogen) atoms. The Morgan fingerprint density at radius 3 is 2.90 bits per heavy atom. The fraction of sp³-hybridized carbons (Fsp3) is 0.353. The quantitative estimate of drug-likeness (QED) is 0.881. The Morgan fingerprint density at radius 2 is 2.19 bits per heavy atom. The number of hydrogen-bond acceptors (Lipinski definition) is 2. The van der Waals surface area contributed by atoms with Crippen LogP contribution >= 0.6 is 0 Å². The largest absolute Gasteiger partial charge is 0.349 e. The molecule has 0 aliphatic carbocycles. The van der Waals surface area contributed by atoms with Crippen molar-refractivity contribution in [3.63, 3.8) is 0 Å². The molecule has 0 aliphatic rings. The summed E-state index contributed by atoms with van der Waals surface area (Å²) in [5.41, 5.74) is 1.81. The highest BCUT2D eigenvalue weighted by molar-refractivity contribution is 5.35. The second-order valence-electron chi connectivity index (χ2n) is 5.18. The van der Waals surface area contributed by atoms with Crippen molar-refractivity contribution in [1.82, 2.24) is 9.88 Å². The third-order valence-electron chi connectivity index (χ3n) is 3.53. The Kier molecular flexibility index (Phi) is 5.13. The predicted molar refractivity (Wildman–Crippen MR) is 81.4 cm³/mol. The summed E-state index contributed by atoms with van der Waals surface area (Å²) in [6, 6.07) is 9.12. The van der Waals surface area contributed by atoms with Gasteiger partial charge in [0.05, 0.1) is 5.56 Å². The van der Waals surface area contributed by atoms with Crippen LogP contribution in [-0.4, -0.2) is 11.1 Å². The molecule has 0 amide bonds. The zero-order valence-corrected chi connectivity index (χ0v) is 12.4. The molecule has 2 rings (SSSR count). The molecule has 110 valence electrons. The van der Waals surface area contributed by atoms with Crippen molar-refractivity contribution in [3.05, 3.63) is 59.2 Å². The van der Waals surface area contributed by atoms with Crippen LogP contribution in [0.2, 0.25) is 0 Å². The van der Waals surface area contributed by atoms with E-state index in [4.69, 9.17) is 5.26 Å². The molecule has 1 aromatic heterocycles.